The van der Waals surface area contributed by atoms with E-state index in [4.69, 9.17) is 0 Å². The molecule has 2 rings (SSSR count). The third kappa shape index (κ3) is 4.94. The topological polar surface area (TPSA) is 35.5 Å². The lowest BCUT2D eigenvalue weighted by molar-refractivity contribution is 0.0205. The fourth-order valence-electron chi connectivity index (χ4n) is 4.51. The molecule has 2 fully saturated rings. The summed E-state index contributed by atoms with van der Waals surface area (Å²) in [6.07, 6.45) is 5.95. The molecule has 2 N–H and O–H groups in total. The Labute approximate surface area is 131 Å². The van der Waals surface area contributed by atoms with Gasteiger partial charge in [0, 0.05) is 19.1 Å². The molecule has 2 saturated carbocycles. The van der Waals surface area contributed by atoms with Crippen molar-refractivity contribution in [2.75, 3.05) is 26.7 Å². The Morgan fingerprint density at radius 2 is 1.81 bits per heavy atom. The Hall–Kier alpha value is -0.120. The maximum atomic E-state index is 9.43. The van der Waals surface area contributed by atoms with Crippen molar-refractivity contribution in [3.8, 4) is 0 Å². The SMILES string of the molecule is CCCNC1CC(C)CC(C)C1CN(C)CC1CC(O)C1. The van der Waals surface area contributed by atoms with Crippen LogP contribution < -0.4 is 5.32 Å². The summed E-state index contributed by atoms with van der Waals surface area (Å²) in [5, 5.41) is 13.2. The van der Waals surface area contributed by atoms with Crippen LogP contribution in [0.1, 0.15) is 52.9 Å². The zero-order chi connectivity index (χ0) is 15.4. The van der Waals surface area contributed by atoms with Crippen molar-refractivity contribution in [2.24, 2.45) is 23.7 Å². The van der Waals surface area contributed by atoms with Crippen LogP contribution >= 0.6 is 0 Å². The second-order valence-corrected chi connectivity index (χ2v) is 7.99. The molecule has 2 aliphatic carbocycles. The van der Waals surface area contributed by atoms with Gasteiger partial charge in [-0.15, -0.1) is 0 Å². The van der Waals surface area contributed by atoms with E-state index in [1.165, 1.54) is 25.8 Å². The van der Waals surface area contributed by atoms with E-state index >= 15 is 0 Å². The molecule has 4 atom stereocenters. The molecule has 124 valence electrons. The number of hydrogen-bond acceptors (Lipinski definition) is 3. The molecule has 0 bridgehead atoms. The lowest BCUT2D eigenvalue weighted by atomic mass is 9.72. The third-order valence-electron chi connectivity index (χ3n) is 5.64. The molecule has 21 heavy (non-hydrogen) atoms. The Kier molecular flexibility index (Phi) is 6.51. The first kappa shape index (κ1) is 17.2. The van der Waals surface area contributed by atoms with Crippen LogP contribution in [0.5, 0.6) is 0 Å². The molecule has 0 radical (unpaired) electrons. The van der Waals surface area contributed by atoms with Gasteiger partial charge in [0.05, 0.1) is 6.10 Å². The second-order valence-electron chi connectivity index (χ2n) is 7.99. The number of aliphatic hydroxyl groups is 1. The van der Waals surface area contributed by atoms with E-state index in [2.05, 4.69) is 38.0 Å². The van der Waals surface area contributed by atoms with Crippen LogP contribution in [-0.4, -0.2) is 48.8 Å². The van der Waals surface area contributed by atoms with E-state index in [0.29, 0.717) is 6.04 Å². The predicted octanol–water partition coefficient (Wildman–Crippen LogP) is 2.74. The number of aliphatic hydroxyl groups excluding tert-OH is 1. The normalized spacial score (nSPS) is 40.3. The van der Waals surface area contributed by atoms with E-state index in [1.807, 2.05) is 0 Å². The van der Waals surface area contributed by atoms with Crippen molar-refractivity contribution >= 4 is 0 Å². The molecule has 3 nitrogen and oxygen atoms in total. The molecule has 4 unspecified atom stereocenters. The second kappa shape index (κ2) is 7.94. The monoisotopic (exact) mass is 296 g/mol. The summed E-state index contributed by atoms with van der Waals surface area (Å²) in [6.45, 7) is 10.6. The standard InChI is InChI=1S/C18H36N2O/c1-5-6-19-18-8-13(2)7-14(3)17(18)12-20(4)11-15-9-16(21)10-15/h13-19,21H,5-12H2,1-4H3. The summed E-state index contributed by atoms with van der Waals surface area (Å²) in [6, 6.07) is 0.693. The molecule has 0 aromatic heterocycles. The average Bonchev–Trinajstić information content (AvgIpc) is 2.38. The van der Waals surface area contributed by atoms with Gasteiger partial charge in [-0.25, -0.2) is 0 Å². The third-order valence-corrected chi connectivity index (χ3v) is 5.64. The number of hydrogen-bond donors (Lipinski definition) is 2. The molecule has 2 aliphatic rings. The maximum Gasteiger partial charge on any atom is 0.0546 e. The van der Waals surface area contributed by atoms with Crippen molar-refractivity contribution in [2.45, 2.75) is 65.0 Å². The summed E-state index contributed by atoms with van der Waals surface area (Å²) in [4.78, 5) is 2.52. The van der Waals surface area contributed by atoms with Crippen LogP contribution in [0.25, 0.3) is 0 Å². The van der Waals surface area contributed by atoms with Gasteiger partial charge < -0.3 is 15.3 Å². The van der Waals surface area contributed by atoms with Gasteiger partial charge in [-0.05, 0) is 69.4 Å². The van der Waals surface area contributed by atoms with Crippen molar-refractivity contribution < 1.29 is 5.11 Å². The minimum atomic E-state index is -0.0168. The average molecular weight is 296 g/mol. The van der Waals surface area contributed by atoms with E-state index in [1.54, 1.807) is 0 Å². The highest BCUT2D eigenvalue weighted by Gasteiger charge is 2.35. The van der Waals surface area contributed by atoms with Crippen LogP contribution in [0.2, 0.25) is 0 Å². The zero-order valence-electron chi connectivity index (χ0n) is 14.5. The Balaban J connectivity index is 1.84. The molecule has 0 aromatic carbocycles. The largest absolute Gasteiger partial charge is 0.393 e. The molecular formula is C18H36N2O. The highest BCUT2D eigenvalue weighted by atomic mass is 16.3. The minimum absolute atomic E-state index is 0.0168. The summed E-state index contributed by atoms with van der Waals surface area (Å²) in [5.74, 6) is 3.18. The highest BCUT2D eigenvalue weighted by Crippen LogP contribution is 2.35. The van der Waals surface area contributed by atoms with E-state index in [0.717, 1.165) is 49.6 Å². The lowest BCUT2D eigenvalue weighted by Gasteiger charge is -2.43. The van der Waals surface area contributed by atoms with Gasteiger partial charge >= 0.3 is 0 Å². The Morgan fingerprint density at radius 1 is 1.10 bits per heavy atom. The van der Waals surface area contributed by atoms with Crippen LogP contribution in [0.3, 0.4) is 0 Å². The zero-order valence-corrected chi connectivity index (χ0v) is 14.5. The van der Waals surface area contributed by atoms with Gasteiger partial charge in [0.15, 0.2) is 0 Å². The number of rotatable bonds is 7. The lowest BCUT2D eigenvalue weighted by Crippen LogP contribution is -2.49. The minimum Gasteiger partial charge on any atom is -0.393 e. The van der Waals surface area contributed by atoms with Gasteiger partial charge in [0.25, 0.3) is 0 Å². The molecule has 3 heteroatoms. The molecule has 0 aliphatic heterocycles. The van der Waals surface area contributed by atoms with E-state index < -0.39 is 0 Å². The first-order valence-corrected chi connectivity index (χ1v) is 9.09. The fourth-order valence-corrected chi connectivity index (χ4v) is 4.51. The van der Waals surface area contributed by atoms with E-state index in [-0.39, 0.29) is 6.10 Å². The van der Waals surface area contributed by atoms with Gasteiger partial charge in [-0.3, -0.25) is 0 Å². The highest BCUT2D eigenvalue weighted by molar-refractivity contribution is 4.90. The first-order valence-electron chi connectivity index (χ1n) is 9.09. The summed E-state index contributed by atoms with van der Waals surface area (Å²) < 4.78 is 0. The summed E-state index contributed by atoms with van der Waals surface area (Å²) >= 11 is 0. The molecule has 0 saturated heterocycles. The Bertz CT molecular complexity index is 304. The number of nitrogens with one attached hydrogen (secondary N) is 1. The quantitative estimate of drug-likeness (QED) is 0.758. The van der Waals surface area contributed by atoms with Gasteiger partial charge in [-0.1, -0.05) is 20.8 Å². The predicted molar refractivity (Wildman–Crippen MR) is 89.4 cm³/mol. The molecule has 0 amide bonds. The van der Waals surface area contributed by atoms with Crippen LogP contribution in [0.15, 0.2) is 0 Å². The van der Waals surface area contributed by atoms with Crippen molar-refractivity contribution in [3.63, 3.8) is 0 Å². The first-order chi connectivity index (χ1) is 9.99. The summed E-state index contributed by atoms with van der Waals surface area (Å²) in [5.41, 5.74) is 0. The maximum absolute atomic E-state index is 9.43. The molecule has 0 spiro atoms. The molecule has 0 aromatic rings. The van der Waals surface area contributed by atoms with Crippen molar-refractivity contribution in [3.05, 3.63) is 0 Å². The van der Waals surface area contributed by atoms with Gasteiger partial charge in [0.2, 0.25) is 0 Å². The van der Waals surface area contributed by atoms with Gasteiger partial charge in [0.1, 0.15) is 0 Å². The van der Waals surface area contributed by atoms with E-state index in [9.17, 15) is 5.11 Å². The van der Waals surface area contributed by atoms with Gasteiger partial charge in [-0.2, -0.15) is 0 Å². The van der Waals surface area contributed by atoms with Crippen molar-refractivity contribution in [1.82, 2.24) is 10.2 Å². The molecular weight excluding hydrogens is 260 g/mol. The van der Waals surface area contributed by atoms with Crippen LogP contribution in [0.4, 0.5) is 0 Å². The molecule has 0 heterocycles. The van der Waals surface area contributed by atoms with Crippen molar-refractivity contribution in [1.29, 1.82) is 0 Å². The van der Waals surface area contributed by atoms with Crippen LogP contribution in [0, 0.1) is 23.7 Å². The number of nitrogens with zero attached hydrogens (tertiary/aromatic N) is 1. The smallest absolute Gasteiger partial charge is 0.0546 e. The summed E-state index contributed by atoms with van der Waals surface area (Å²) in [7, 11) is 2.27. The fraction of sp³-hybridized carbons (Fsp3) is 1.00. The van der Waals surface area contributed by atoms with Crippen LogP contribution in [-0.2, 0) is 0 Å². The Morgan fingerprint density at radius 3 is 2.43 bits per heavy atom.